The van der Waals surface area contributed by atoms with Crippen LogP contribution in [0.15, 0.2) is 174 Å². The van der Waals surface area contributed by atoms with Crippen LogP contribution in [0.4, 0.5) is 0 Å². The summed E-state index contributed by atoms with van der Waals surface area (Å²) in [5, 5.41) is 4.72. The van der Waals surface area contributed by atoms with Crippen molar-refractivity contribution in [1.29, 1.82) is 0 Å². The minimum absolute atomic E-state index is 0.891. The van der Waals surface area contributed by atoms with Gasteiger partial charge < -0.3 is 13.6 Å². The molecule has 10 aromatic rings. The highest BCUT2D eigenvalue weighted by molar-refractivity contribution is 6.17. The van der Waals surface area contributed by atoms with Gasteiger partial charge in [-0.25, -0.2) is 0 Å². The van der Waals surface area contributed by atoms with E-state index in [4.69, 9.17) is 4.42 Å². The third-order valence-electron chi connectivity index (χ3n) is 9.53. The van der Waals surface area contributed by atoms with Gasteiger partial charge in [-0.05, 0) is 89.0 Å². The van der Waals surface area contributed by atoms with Crippen LogP contribution in [0.25, 0.3) is 88.4 Å². The first-order valence-corrected chi connectivity index (χ1v) is 16.0. The fourth-order valence-electron chi connectivity index (χ4n) is 7.47. The molecule has 3 nitrogen and oxygen atoms in total. The second-order valence-electron chi connectivity index (χ2n) is 12.1. The molecule has 3 aromatic heterocycles. The van der Waals surface area contributed by atoms with Crippen LogP contribution >= 0.6 is 0 Å². The highest BCUT2D eigenvalue weighted by atomic mass is 16.3. The lowest BCUT2D eigenvalue weighted by molar-refractivity contribution is 0.673. The highest BCUT2D eigenvalue weighted by Gasteiger charge is 2.20. The van der Waals surface area contributed by atoms with Crippen molar-refractivity contribution in [3.63, 3.8) is 0 Å². The summed E-state index contributed by atoms with van der Waals surface area (Å²) in [5.41, 5.74) is 13.5. The first kappa shape index (κ1) is 26.0. The maximum Gasteiger partial charge on any atom is 0.161 e. The molecule has 0 atom stereocenters. The summed E-state index contributed by atoms with van der Waals surface area (Å²) in [5.74, 6) is 0. The predicted molar refractivity (Wildman–Crippen MR) is 196 cm³/mol. The van der Waals surface area contributed by atoms with Crippen LogP contribution in [-0.4, -0.2) is 9.13 Å². The van der Waals surface area contributed by atoms with Gasteiger partial charge in [-0.2, -0.15) is 0 Å². The first-order chi connectivity index (χ1) is 23.3. The molecule has 0 fully saturated rings. The van der Waals surface area contributed by atoms with Crippen molar-refractivity contribution in [2.24, 2.45) is 0 Å². The summed E-state index contributed by atoms with van der Waals surface area (Å²) in [6, 6.07) is 60.7. The number of benzene rings is 7. The van der Waals surface area contributed by atoms with Crippen LogP contribution < -0.4 is 0 Å². The molecule has 0 spiro atoms. The van der Waals surface area contributed by atoms with Crippen molar-refractivity contribution in [2.75, 3.05) is 0 Å². The highest BCUT2D eigenvalue weighted by Crippen LogP contribution is 2.42. The summed E-state index contributed by atoms with van der Waals surface area (Å²) in [7, 11) is 0. The fourth-order valence-corrected chi connectivity index (χ4v) is 7.47. The molecular weight excluding hydrogens is 572 g/mol. The van der Waals surface area contributed by atoms with Crippen molar-refractivity contribution >= 4 is 54.8 Å². The summed E-state index contributed by atoms with van der Waals surface area (Å²) >= 11 is 0. The molecule has 3 heteroatoms. The minimum atomic E-state index is 0.891. The summed E-state index contributed by atoms with van der Waals surface area (Å²) in [4.78, 5) is 0. The zero-order chi connectivity index (χ0) is 30.9. The number of hydrogen-bond acceptors (Lipinski definition) is 1. The molecule has 0 saturated heterocycles. The van der Waals surface area contributed by atoms with Crippen molar-refractivity contribution in [3.8, 4) is 33.6 Å². The number of hydrogen-bond donors (Lipinski definition) is 0. The quantitative estimate of drug-likeness (QED) is 0.197. The molecule has 3 heterocycles. The van der Waals surface area contributed by atoms with Gasteiger partial charge >= 0.3 is 0 Å². The number of furan rings is 1. The molecule has 0 aliphatic rings. The molecule has 0 saturated carbocycles. The Bertz CT molecular complexity index is 2780. The average molecular weight is 601 g/mol. The van der Waals surface area contributed by atoms with E-state index >= 15 is 0 Å². The normalized spacial score (nSPS) is 11.8. The molecule has 0 aliphatic carbocycles. The van der Waals surface area contributed by atoms with Crippen LogP contribution in [0.2, 0.25) is 0 Å². The Balaban J connectivity index is 1.19. The second-order valence-corrected chi connectivity index (χ2v) is 12.1. The van der Waals surface area contributed by atoms with Crippen LogP contribution in [-0.2, 0) is 0 Å². The Morgan fingerprint density at radius 3 is 1.57 bits per heavy atom. The van der Waals surface area contributed by atoms with E-state index in [1.54, 1.807) is 0 Å². The van der Waals surface area contributed by atoms with Gasteiger partial charge in [-0.15, -0.1) is 0 Å². The molecule has 0 unspecified atom stereocenters. The lowest BCUT2D eigenvalue weighted by Crippen LogP contribution is -1.93. The van der Waals surface area contributed by atoms with Crippen LogP contribution in [0, 0.1) is 0 Å². The standard InChI is InChI=1S/C44H28N2O/c1-3-13-31(14-4-1)45-39-21-11-9-19-35(39)37-27-29(23-25-41(37)45)33-17-7-8-18-34(33)30-24-26-42-38(28-30)43-44(47-42)36-20-10-12-22-40(36)46(43)32-15-5-2-6-16-32/h1-28H. The molecule has 0 radical (unpaired) electrons. The molecule has 7 aromatic carbocycles. The second kappa shape index (κ2) is 10.1. The van der Waals surface area contributed by atoms with Crippen molar-refractivity contribution < 1.29 is 4.42 Å². The van der Waals surface area contributed by atoms with E-state index in [0.29, 0.717) is 0 Å². The molecule has 10 rings (SSSR count). The van der Waals surface area contributed by atoms with Crippen LogP contribution in [0.1, 0.15) is 0 Å². The molecular formula is C44H28N2O. The van der Waals surface area contributed by atoms with E-state index in [1.807, 2.05) is 0 Å². The largest absolute Gasteiger partial charge is 0.454 e. The SMILES string of the molecule is c1ccc(-n2c3ccccc3c3cc(-c4ccccc4-c4ccc5oc6c7ccccc7n(-c7ccccc7)c6c5c4)ccc32)cc1. The zero-order valence-electron chi connectivity index (χ0n) is 25.5. The molecule has 0 amide bonds. The summed E-state index contributed by atoms with van der Waals surface area (Å²) in [6.45, 7) is 0. The topological polar surface area (TPSA) is 23.0 Å². The van der Waals surface area contributed by atoms with Gasteiger partial charge in [0.15, 0.2) is 5.58 Å². The molecule has 0 aliphatic heterocycles. The van der Waals surface area contributed by atoms with E-state index in [0.717, 1.165) is 44.2 Å². The summed E-state index contributed by atoms with van der Waals surface area (Å²) in [6.07, 6.45) is 0. The first-order valence-electron chi connectivity index (χ1n) is 16.0. The van der Waals surface area contributed by atoms with E-state index in [2.05, 4.69) is 179 Å². The Hall–Kier alpha value is -6.32. The smallest absolute Gasteiger partial charge is 0.161 e. The average Bonchev–Trinajstić information content (AvgIpc) is 3.79. The molecule has 0 N–H and O–H groups in total. The Kier molecular flexibility index (Phi) is 5.57. The van der Waals surface area contributed by atoms with Gasteiger partial charge in [-0.1, -0.05) is 103 Å². The van der Waals surface area contributed by atoms with Gasteiger partial charge in [-0.3, -0.25) is 0 Å². The number of nitrogens with zero attached hydrogens (tertiary/aromatic N) is 2. The monoisotopic (exact) mass is 600 g/mol. The van der Waals surface area contributed by atoms with Gasteiger partial charge in [0, 0.05) is 32.9 Å². The van der Waals surface area contributed by atoms with Gasteiger partial charge in [0.25, 0.3) is 0 Å². The van der Waals surface area contributed by atoms with Crippen molar-refractivity contribution in [3.05, 3.63) is 170 Å². The number of fused-ring (bicyclic) bond motifs is 8. The molecule has 0 bridgehead atoms. The maximum absolute atomic E-state index is 6.58. The van der Waals surface area contributed by atoms with Gasteiger partial charge in [0.05, 0.1) is 16.6 Å². The minimum Gasteiger partial charge on any atom is -0.454 e. The summed E-state index contributed by atoms with van der Waals surface area (Å²) < 4.78 is 11.3. The zero-order valence-corrected chi connectivity index (χ0v) is 25.5. The third-order valence-corrected chi connectivity index (χ3v) is 9.53. The van der Waals surface area contributed by atoms with E-state index < -0.39 is 0 Å². The van der Waals surface area contributed by atoms with E-state index in [9.17, 15) is 0 Å². The van der Waals surface area contributed by atoms with Gasteiger partial charge in [0.2, 0.25) is 0 Å². The third kappa shape index (κ3) is 3.87. The number of para-hydroxylation sites is 4. The van der Waals surface area contributed by atoms with Crippen LogP contribution in [0.3, 0.4) is 0 Å². The van der Waals surface area contributed by atoms with Gasteiger partial charge in [0.1, 0.15) is 11.1 Å². The van der Waals surface area contributed by atoms with Crippen molar-refractivity contribution in [1.82, 2.24) is 9.13 Å². The number of rotatable bonds is 4. The molecule has 220 valence electrons. The van der Waals surface area contributed by atoms with Crippen molar-refractivity contribution in [2.45, 2.75) is 0 Å². The van der Waals surface area contributed by atoms with E-state index in [-0.39, 0.29) is 0 Å². The maximum atomic E-state index is 6.58. The predicted octanol–water partition coefficient (Wildman–Crippen LogP) is 12.0. The Morgan fingerprint density at radius 2 is 0.872 bits per heavy atom. The lowest BCUT2D eigenvalue weighted by atomic mass is 9.93. The molecule has 47 heavy (non-hydrogen) atoms. The van der Waals surface area contributed by atoms with Crippen LogP contribution in [0.5, 0.6) is 0 Å². The Labute approximate surface area is 271 Å². The fraction of sp³-hybridized carbons (Fsp3) is 0. The van der Waals surface area contributed by atoms with E-state index in [1.165, 1.54) is 44.2 Å². The lowest BCUT2D eigenvalue weighted by Gasteiger charge is -2.12. The Morgan fingerprint density at radius 1 is 0.362 bits per heavy atom. The number of aromatic nitrogens is 2.